The van der Waals surface area contributed by atoms with Gasteiger partial charge in [-0.2, -0.15) is 8.42 Å². The summed E-state index contributed by atoms with van der Waals surface area (Å²) in [4.78, 5) is 7.29. The van der Waals surface area contributed by atoms with Crippen LogP contribution in [0, 0.1) is 0 Å². The molecule has 0 saturated carbocycles. The van der Waals surface area contributed by atoms with Gasteiger partial charge in [-0.15, -0.1) is 0 Å². The van der Waals surface area contributed by atoms with Crippen molar-refractivity contribution in [3.05, 3.63) is 81.4 Å². The summed E-state index contributed by atoms with van der Waals surface area (Å²) in [7, 11) is -4.27. The monoisotopic (exact) mass is 500 g/mol. The van der Waals surface area contributed by atoms with Gasteiger partial charge >= 0.3 is 10.1 Å². The van der Waals surface area contributed by atoms with Crippen molar-refractivity contribution < 1.29 is 21.7 Å². The smallest absolute Gasteiger partial charge is 0.312 e. The molecule has 6 nitrogen and oxygen atoms in total. The number of halogens is 3. The van der Waals surface area contributed by atoms with Crippen LogP contribution in [0.2, 0.25) is 10.0 Å². The van der Waals surface area contributed by atoms with Crippen LogP contribution in [0.3, 0.4) is 0 Å². The summed E-state index contributed by atoms with van der Waals surface area (Å²) >= 11 is 11.7. The Labute approximate surface area is 196 Å². The summed E-state index contributed by atoms with van der Waals surface area (Å²) in [6, 6.07) is 13.6. The molecule has 3 rings (SSSR count). The summed E-state index contributed by atoms with van der Waals surface area (Å²) in [6.07, 6.45) is -1.87. The molecule has 1 unspecified atom stereocenters. The summed E-state index contributed by atoms with van der Waals surface area (Å²) in [5, 5.41) is 0.408. The van der Waals surface area contributed by atoms with E-state index in [0.717, 1.165) is 5.56 Å². The first-order chi connectivity index (χ1) is 15.1. The van der Waals surface area contributed by atoms with E-state index in [1.165, 1.54) is 18.2 Å². The molecule has 32 heavy (non-hydrogen) atoms. The van der Waals surface area contributed by atoms with E-state index in [1.54, 1.807) is 0 Å². The van der Waals surface area contributed by atoms with Gasteiger partial charge < -0.3 is 13.9 Å². The largest absolute Gasteiger partial charge is 0.382 e. The van der Waals surface area contributed by atoms with Crippen molar-refractivity contribution >= 4 is 33.3 Å². The molecule has 0 aliphatic rings. The Bertz CT molecular complexity index is 1130. The maximum Gasteiger partial charge on any atom is 0.312 e. The first kappa shape index (κ1) is 24.5. The van der Waals surface area contributed by atoms with Crippen LogP contribution in [-0.2, 0) is 28.1 Å². The molecule has 0 amide bonds. The summed E-state index contributed by atoms with van der Waals surface area (Å²) in [6.45, 7) is 4.20. The molecule has 0 aliphatic carbocycles. The maximum absolute atomic E-state index is 15.1. The van der Waals surface area contributed by atoms with Crippen LogP contribution >= 0.6 is 23.2 Å². The molecule has 3 aromatic rings. The van der Waals surface area contributed by atoms with Gasteiger partial charge in [0.1, 0.15) is 23.9 Å². The quantitative estimate of drug-likeness (QED) is 0.346. The topological polar surface area (TPSA) is 81.3 Å². The number of rotatable bonds is 10. The van der Waals surface area contributed by atoms with E-state index in [0.29, 0.717) is 18.1 Å². The molecule has 0 fully saturated rings. The van der Waals surface area contributed by atoms with Gasteiger partial charge in [0.15, 0.2) is 6.17 Å². The van der Waals surface area contributed by atoms with Crippen LogP contribution in [0.5, 0.6) is 5.75 Å². The average molecular weight is 501 g/mol. The van der Waals surface area contributed by atoms with Crippen molar-refractivity contribution in [2.75, 3.05) is 5.75 Å². The lowest BCUT2D eigenvalue weighted by Crippen LogP contribution is -2.19. The highest BCUT2D eigenvalue weighted by atomic mass is 35.5. The van der Waals surface area contributed by atoms with Crippen LogP contribution in [0.1, 0.15) is 48.7 Å². The lowest BCUT2D eigenvalue weighted by Gasteiger charge is -2.12. The predicted octanol–water partition coefficient (Wildman–Crippen LogP) is 5.98. The minimum atomic E-state index is -4.27. The van der Waals surface area contributed by atoms with E-state index in [-0.39, 0.29) is 34.0 Å². The zero-order valence-electron chi connectivity index (χ0n) is 17.5. The van der Waals surface area contributed by atoms with Crippen molar-refractivity contribution in [3.8, 4) is 5.75 Å². The van der Waals surface area contributed by atoms with Gasteiger partial charge in [-0.25, -0.2) is 9.37 Å². The molecule has 1 aromatic heterocycles. The number of hydrogen-bond donors (Lipinski definition) is 1. The Kier molecular flexibility index (Phi) is 8.16. The highest BCUT2D eigenvalue weighted by Gasteiger charge is 2.28. The van der Waals surface area contributed by atoms with E-state index in [2.05, 4.69) is 9.97 Å². The number of nitrogens with zero attached hydrogens (tertiary/aromatic N) is 1. The first-order valence-corrected chi connectivity index (χ1v) is 12.2. The van der Waals surface area contributed by atoms with Gasteiger partial charge in [-0.3, -0.25) is 0 Å². The summed E-state index contributed by atoms with van der Waals surface area (Å²) in [5.74, 6) is -0.693. The second kappa shape index (κ2) is 10.7. The number of ether oxygens (including phenoxy) is 1. The highest BCUT2D eigenvalue weighted by molar-refractivity contribution is 7.87. The molecular weight excluding hydrogens is 478 g/mol. The molecule has 0 spiro atoms. The van der Waals surface area contributed by atoms with Gasteiger partial charge in [-0.05, 0) is 17.5 Å². The average Bonchev–Trinajstić information content (AvgIpc) is 3.12. The SMILES string of the molecule is CC(C)c1nc(COCc2ccccc2)[nH]c1C(F)CS(=O)(=O)Oc1cc(Cl)cc(Cl)c1. The third-order valence-electron chi connectivity index (χ3n) is 4.43. The standard InChI is InChI=1S/C22H23Cl2FN2O4S/c1-14(2)21-22(27-20(26-21)12-30-11-15-6-4-3-5-7-15)19(25)13-32(28,29)31-18-9-16(23)8-17(24)10-18/h3-10,14,19H,11-13H2,1-2H3,(H,26,27). The van der Waals surface area contributed by atoms with Crippen LogP contribution in [0.25, 0.3) is 0 Å². The van der Waals surface area contributed by atoms with E-state index in [9.17, 15) is 8.42 Å². The molecule has 1 heterocycles. The van der Waals surface area contributed by atoms with Crippen molar-refractivity contribution in [2.24, 2.45) is 0 Å². The zero-order chi connectivity index (χ0) is 23.3. The molecule has 0 aliphatic heterocycles. The third-order valence-corrected chi connectivity index (χ3v) is 6.01. The number of aromatic amines is 1. The Morgan fingerprint density at radius 2 is 1.72 bits per heavy atom. The number of hydrogen-bond acceptors (Lipinski definition) is 5. The predicted molar refractivity (Wildman–Crippen MR) is 122 cm³/mol. The maximum atomic E-state index is 15.1. The first-order valence-electron chi connectivity index (χ1n) is 9.85. The minimum absolute atomic E-state index is 0.0848. The summed E-state index contributed by atoms with van der Waals surface area (Å²) in [5.41, 5.74) is 1.53. The molecule has 172 valence electrons. The number of benzene rings is 2. The van der Waals surface area contributed by atoms with Crippen molar-refractivity contribution in [3.63, 3.8) is 0 Å². The summed E-state index contributed by atoms with van der Waals surface area (Å²) < 4.78 is 50.6. The lowest BCUT2D eigenvalue weighted by molar-refractivity contribution is 0.102. The van der Waals surface area contributed by atoms with Gasteiger partial charge in [0.05, 0.1) is 18.0 Å². The van der Waals surface area contributed by atoms with Crippen molar-refractivity contribution in [1.82, 2.24) is 9.97 Å². The fourth-order valence-electron chi connectivity index (χ4n) is 3.06. The Hall–Kier alpha value is -2.13. The number of imidazole rings is 1. The highest BCUT2D eigenvalue weighted by Crippen LogP contribution is 2.29. The van der Waals surface area contributed by atoms with Gasteiger partial charge in [0.25, 0.3) is 0 Å². The second-order valence-corrected chi connectivity index (χ2v) is 9.98. The van der Waals surface area contributed by atoms with E-state index < -0.39 is 22.0 Å². The van der Waals surface area contributed by atoms with Gasteiger partial charge in [0.2, 0.25) is 0 Å². The molecule has 0 saturated heterocycles. The third kappa shape index (κ3) is 6.93. The van der Waals surface area contributed by atoms with Crippen LogP contribution < -0.4 is 4.18 Å². The molecule has 10 heteroatoms. The fourth-order valence-corrected chi connectivity index (χ4v) is 4.55. The molecule has 1 atom stereocenters. The Balaban J connectivity index is 1.69. The number of aromatic nitrogens is 2. The molecule has 0 radical (unpaired) electrons. The normalized spacial score (nSPS) is 12.8. The minimum Gasteiger partial charge on any atom is -0.382 e. The number of H-pyrrole nitrogens is 1. The number of nitrogens with one attached hydrogen (secondary N) is 1. The zero-order valence-corrected chi connectivity index (χ0v) is 19.8. The Morgan fingerprint density at radius 3 is 2.34 bits per heavy atom. The second-order valence-electron chi connectivity index (χ2n) is 7.50. The van der Waals surface area contributed by atoms with E-state index in [1.807, 2.05) is 44.2 Å². The van der Waals surface area contributed by atoms with Crippen molar-refractivity contribution in [1.29, 1.82) is 0 Å². The van der Waals surface area contributed by atoms with Crippen molar-refractivity contribution in [2.45, 2.75) is 39.2 Å². The number of alkyl halides is 1. The molecule has 1 N–H and O–H groups in total. The molecule has 2 aromatic carbocycles. The van der Waals surface area contributed by atoms with Gasteiger partial charge in [0, 0.05) is 22.2 Å². The van der Waals surface area contributed by atoms with Gasteiger partial charge in [-0.1, -0.05) is 67.4 Å². The van der Waals surface area contributed by atoms with Crippen LogP contribution in [0.4, 0.5) is 4.39 Å². The Morgan fingerprint density at radius 1 is 1.06 bits per heavy atom. The fraction of sp³-hybridized carbons (Fsp3) is 0.318. The lowest BCUT2D eigenvalue weighted by atomic mass is 10.1. The van der Waals surface area contributed by atoms with E-state index in [4.69, 9.17) is 32.1 Å². The van der Waals surface area contributed by atoms with Crippen LogP contribution in [-0.4, -0.2) is 24.1 Å². The van der Waals surface area contributed by atoms with E-state index >= 15 is 4.39 Å². The van der Waals surface area contributed by atoms with Crippen LogP contribution in [0.15, 0.2) is 48.5 Å². The molecular formula is C22H23Cl2FN2O4S. The molecule has 0 bridgehead atoms.